The maximum absolute atomic E-state index is 12.4. The van der Waals surface area contributed by atoms with Crippen molar-refractivity contribution in [3.8, 4) is 0 Å². The maximum atomic E-state index is 12.4. The third kappa shape index (κ3) is 1.69. The molecular weight excluding hydrogens is 264 g/mol. The number of amides is 1. The highest BCUT2D eigenvalue weighted by molar-refractivity contribution is 6.22. The van der Waals surface area contributed by atoms with E-state index < -0.39 is 6.17 Å². The summed E-state index contributed by atoms with van der Waals surface area (Å²) >= 11 is 6.10. The van der Waals surface area contributed by atoms with E-state index in [4.69, 9.17) is 11.8 Å². The van der Waals surface area contributed by atoms with Gasteiger partial charge in [0.25, 0.3) is 5.91 Å². The van der Waals surface area contributed by atoms with E-state index in [1.807, 2.05) is 29.2 Å². The average Bonchev–Trinajstić information content (AvgIpc) is 2.73. The number of fused-ring (bicyclic) bond motifs is 3. The van der Waals surface area contributed by atoms with E-state index in [2.05, 4.69) is 12.0 Å². The summed E-state index contributed by atoms with van der Waals surface area (Å²) in [5.41, 5.74) is 1.87. The highest BCUT2D eigenvalue weighted by atomic mass is 35.5. The van der Waals surface area contributed by atoms with Gasteiger partial charge in [-0.1, -0.05) is 19.1 Å². The molecule has 0 spiro atoms. The van der Waals surface area contributed by atoms with E-state index in [0.29, 0.717) is 0 Å². The van der Waals surface area contributed by atoms with E-state index >= 15 is 0 Å². The Kier molecular flexibility index (Phi) is 2.86. The lowest BCUT2D eigenvalue weighted by Gasteiger charge is -2.38. The van der Waals surface area contributed by atoms with Crippen LogP contribution in [0.15, 0.2) is 29.4 Å². The van der Waals surface area contributed by atoms with Crippen molar-refractivity contribution in [1.82, 2.24) is 4.53 Å². The third-order valence-corrected chi connectivity index (χ3v) is 3.72. The van der Waals surface area contributed by atoms with Crippen LogP contribution in [-0.2, 0) is 4.79 Å². The molecule has 2 aliphatic rings. The second-order valence-electron chi connectivity index (χ2n) is 4.68. The number of carbonyl (C=O) groups is 1. The Morgan fingerprint density at radius 2 is 2.00 bits per heavy atom. The molecular formula is C13H15ClN4O. The Bertz CT molecular complexity index is 559. The molecule has 3 rings (SSSR count). The van der Waals surface area contributed by atoms with E-state index in [0.717, 1.165) is 30.1 Å². The van der Waals surface area contributed by atoms with Crippen LogP contribution in [0, 0.1) is 0 Å². The third-order valence-electron chi connectivity index (χ3n) is 3.46. The molecule has 1 atom stereocenters. The number of anilines is 2. The molecule has 1 aromatic carbocycles. The molecule has 5 nitrogen and oxygen atoms in total. The Morgan fingerprint density at radius 1 is 1.32 bits per heavy atom. The number of hydrogen-bond acceptors (Lipinski definition) is 4. The smallest absolute Gasteiger partial charge is 0.273 e. The van der Waals surface area contributed by atoms with E-state index in [-0.39, 0.29) is 5.91 Å². The van der Waals surface area contributed by atoms with Crippen molar-refractivity contribution >= 4 is 34.9 Å². The molecule has 1 unspecified atom stereocenters. The van der Waals surface area contributed by atoms with Gasteiger partial charge in [0.05, 0.1) is 11.4 Å². The highest BCUT2D eigenvalue weighted by Crippen LogP contribution is 2.39. The lowest BCUT2D eigenvalue weighted by atomic mass is 10.1. The van der Waals surface area contributed by atoms with E-state index in [1.165, 1.54) is 4.53 Å². The van der Waals surface area contributed by atoms with Crippen molar-refractivity contribution in [2.24, 2.45) is 5.10 Å². The van der Waals surface area contributed by atoms with Crippen LogP contribution in [-0.4, -0.2) is 29.5 Å². The van der Waals surface area contributed by atoms with Gasteiger partial charge < -0.3 is 4.90 Å². The molecule has 19 heavy (non-hydrogen) atoms. The minimum absolute atomic E-state index is 0.0662. The van der Waals surface area contributed by atoms with Crippen LogP contribution >= 0.6 is 11.8 Å². The van der Waals surface area contributed by atoms with Crippen molar-refractivity contribution in [3.63, 3.8) is 0 Å². The molecule has 0 saturated carbocycles. The van der Waals surface area contributed by atoms with Crippen molar-refractivity contribution in [1.29, 1.82) is 0 Å². The maximum Gasteiger partial charge on any atom is 0.273 e. The summed E-state index contributed by atoms with van der Waals surface area (Å²) in [6.07, 6.45) is 1.19. The second-order valence-corrected chi connectivity index (χ2v) is 5.03. The minimum Gasteiger partial charge on any atom is -0.310 e. The zero-order valence-electron chi connectivity index (χ0n) is 10.9. The topological polar surface area (TPSA) is 39.2 Å². The first-order valence-electron chi connectivity index (χ1n) is 6.33. The molecule has 0 bridgehead atoms. The van der Waals surface area contributed by atoms with Crippen molar-refractivity contribution in [3.05, 3.63) is 24.3 Å². The average molecular weight is 279 g/mol. The first-order valence-corrected chi connectivity index (χ1v) is 6.67. The van der Waals surface area contributed by atoms with Gasteiger partial charge in [-0.25, -0.2) is 0 Å². The highest BCUT2D eigenvalue weighted by Gasteiger charge is 2.45. The monoisotopic (exact) mass is 278 g/mol. The minimum atomic E-state index is -0.567. The fourth-order valence-corrected chi connectivity index (χ4v) is 2.82. The zero-order valence-corrected chi connectivity index (χ0v) is 11.6. The molecule has 0 aliphatic carbocycles. The number of carbonyl (C=O) groups excluding carboxylic acids is 1. The molecule has 1 aromatic rings. The number of amidine groups is 1. The van der Waals surface area contributed by atoms with Gasteiger partial charge in [0.1, 0.15) is 5.84 Å². The Balaban J connectivity index is 2.13. The first-order chi connectivity index (χ1) is 9.15. The van der Waals surface area contributed by atoms with Crippen LogP contribution in [0.25, 0.3) is 0 Å². The molecule has 100 valence electrons. The van der Waals surface area contributed by atoms with Gasteiger partial charge in [-0.05, 0) is 18.6 Å². The first kappa shape index (κ1) is 12.3. The fourth-order valence-electron chi connectivity index (χ4n) is 2.56. The van der Waals surface area contributed by atoms with Crippen LogP contribution in [0.2, 0.25) is 0 Å². The number of nitrogens with zero attached hydrogens (tertiary/aromatic N) is 4. The molecule has 0 radical (unpaired) electrons. The SMILES string of the molecule is CCCC1=NN(Cl)C2C(=O)N(C)c3ccccc3N12. The molecule has 2 heterocycles. The van der Waals surface area contributed by atoms with Crippen LogP contribution in [0.5, 0.6) is 0 Å². The molecule has 6 heteroatoms. The molecule has 0 aromatic heterocycles. The number of halogens is 1. The van der Waals surface area contributed by atoms with Crippen LogP contribution in [0.3, 0.4) is 0 Å². The lowest BCUT2D eigenvalue weighted by Crippen LogP contribution is -2.55. The second kappa shape index (κ2) is 4.42. The van der Waals surface area contributed by atoms with Gasteiger partial charge in [-0.15, -0.1) is 5.10 Å². The molecule has 2 aliphatic heterocycles. The number of benzene rings is 1. The normalized spacial score (nSPS) is 21.4. The molecule has 0 N–H and O–H groups in total. The molecule has 0 saturated heterocycles. The van der Waals surface area contributed by atoms with Crippen LogP contribution < -0.4 is 9.80 Å². The van der Waals surface area contributed by atoms with E-state index in [1.54, 1.807) is 11.9 Å². The van der Waals surface area contributed by atoms with Gasteiger partial charge in [0.15, 0.2) is 0 Å². The summed E-state index contributed by atoms with van der Waals surface area (Å²) in [5, 5.41) is 4.30. The predicted octanol–water partition coefficient (Wildman–Crippen LogP) is 2.38. The van der Waals surface area contributed by atoms with Crippen molar-refractivity contribution in [2.45, 2.75) is 25.9 Å². The van der Waals surface area contributed by atoms with Gasteiger partial charge in [0, 0.05) is 25.2 Å². The summed E-state index contributed by atoms with van der Waals surface area (Å²) in [5.74, 6) is 0.778. The fraction of sp³-hybridized carbons (Fsp3) is 0.385. The summed E-state index contributed by atoms with van der Waals surface area (Å²) < 4.78 is 1.24. The summed E-state index contributed by atoms with van der Waals surface area (Å²) in [6, 6.07) is 7.81. The van der Waals surface area contributed by atoms with E-state index in [9.17, 15) is 4.79 Å². The number of para-hydroxylation sites is 2. The number of likely N-dealkylation sites (N-methyl/N-ethyl adjacent to an activating group) is 1. The summed E-state index contributed by atoms with van der Waals surface area (Å²) in [4.78, 5) is 16.0. The Labute approximate surface area is 117 Å². The zero-order chi connectivity index (χ0) is 13.6. The van der Waals surface area contributed by atoms with Crippen molar-refractivity contribution in [2.75, 3.05) is 16.8 Å². The largest absolute Gasteiger partial charge is 0.310 e. The molecule has 0 fully saturated rings. The summed E-state index contributed by atoms with van der Waals surface area (Å²) in [6.45, 7) is 2.08. The molecule has 1 amide bonds. The summed E-state index contributed by atoms with van der Waals surface area (Å²) in [7, 11) is 1.76. The lowest BCUT2D eigenvalue weighted by molar-refractivity contribution is -0.121. The van der Waals surface area contributed by atoms with Gasteiger partial charge in [-0.3, -0.25) is 9.69 Å². The van der Waals surface area contributed by atoms with Crippen LogP contribution in [0.1, 0.15) is 19.8 Å². The van der Waals surface area contributed by atoms with Gasteiger partial charge in [-0.2, -0.15) is 4.53 Å². The number of rotatable bonds is 2. The van der Waals surface area contributed by atoms with Crippen molar-refractivity contribution < 1.29 is 4.79 Å². The Morgan fingerprint density at radius 3 is 2.68 bits per heavy atom. The predicted molar refractivity (Wildman–Crippen MR) is 76.2 cm³/mol. The van der Waals surface area contributed by atoms with Crippen LogP contribution in [0.4, 0.5) is 11.4 Å². The van der Waals surface area contributed by atoms with Gasteiger partial charge in [0.2, 0.25) is 6.17 Å². The standard InChI is InChI=1S/C13H15ClN4O/c1-3-6-11-15-18(14)12-13(19)16(2)9-7-4-5-8-10(9)17(11)12/h4-5,7-8,12H,3,6H2,1-2H3. The van der Waals surface area contributed by atoms with Gasteiger partial charge >= 0.3 is 0 Å². The quantitative estimate of drug-likeness (QED) is 0.780. The number of hydrazone groups is 1. The Hall–Kier alpha value is -1.75. The number of hydrogen-bond donors (Lipinski definition) is 0.